The molecule has 174 valence electrons. The molecule has 5 nitrogen and oxygen atoms in total. The van der Waals surface area contributed by atoms with Gasteiger partial charge in [0, 0.05) is 38.2 Å². The Bertz CT molecular complexity index is 943. The van der Waals surface area contributed by atoms with Gasteiger partial charge in [-0.2, -0.15) is 0 Å². The van der Waals surface area contributed by atoms with E-state index in [0.717, 1.165) is 12.1 Å². The van der Waals surface area contributed by atoms with Crippen molar-refractivity contribution in [1.82, 2.24) is 15.1 Å². The first-order chi connectivity index (χ1) is 16.2. The lowest BCUT2D eigenvalue weighted by atomic mass is 9.95. The summed E-state index contributed by atoms with van der Waals surface area (Å²) in [5.74, 6) is 0.0977. The van der Waals surface area contributed by atoms with Gasteiger partial charge in [0.15, 0.2) is 0 Å². The summed E-state index contributed by atoms with van der Waals surface area (Å²) in [7, 11) is 0. The lowest BCUT2D eigenvalue weighted by Crippen LogP contribution is -2.42. The fraction of sp³-hybridized carbons (Fsp3) is 0.429. The largest absolute Gasteiger partial charge is 0.352 e. The van der Waals surface area contributed by atoms with Crippen LogP contribution < -0.4 is 5.32 Å². The quantitative estimate of drug-likeness (QED) is 0.649. The van der Waals surface area contributed by atoms with Gasteiger partial charge in [-0.05, 0) is 61.5 Å². The Morgan fingerprint density at radius 2 is 1.52 bits per heavy atom. The highest BCUT2D eigenvalue weighted by atomic mass is 16.2. The number of hydrogen-bond acceptors (Lipinski definition) is 3. The molecular weight excluding hydrogens is 410 g/mol. The molecule has 0 spiro atoms. The van der Waals surface area contributed by atoms with E-state index in [4.69, 9.17) is 0 Å². The zero-order valence-electron chi connectivity index (χ0n) is 19.4. The van der Waals surface area contributed by atoms with Crippen LogP contribution in [0, 0.1) is 5.92 Å². The lowest BCUT2D eigenvalue weighted by Gasteiger charge is -2.31. The number of nitrogens with zero attached hydrogens (tertiary/aromatic N) is 2. The van der Waals surface area contributed by atoms with Crippen LogP contribution in [0.4, 0.5) is 0 Å². The van der Waals surface area contributed by atoms with Gasteiger partial charge in [-0.15, -0.1) is 0 Å². The minimum atomic E-state index is -0.0265. The Kier molecular flexibility index (Phi) is 8.31. The Hall–Kier alpha value is -2.92. The molecule has 1 N–H and O–H groups in total. The van der Waals surface area contributed by atoms with Gasteiger partial charge in [-0.25, -0.2) is 0 Å². The molecule has 5 heteroatoms. The van der Waals surface area contributed by atoms with Crippen LogP contribution in [0.15, 0.2) is 60.7 Å². The average molecular weight is 446 g/mol. The van der Waals surface area contributed by atoms with Crippen LogP contribution in [-0.4, -0.2) is 47.8 Å². The first-order valence-corrected chi connectivity index (χ1v) is 12.3. The Morgan fingerprint density at radius 1 is 0.848 bits per heavy atom. The van der Waals surface area contributed by atoms with Crippen molar-refractivity contribution in [3.63, 3.8) is 0 Å². The van der Waals surface area contributed by atoms with Crippen molar-refractivity contribution in [3.8, 4) is 0 Å². The van der Waals surface area contributed by atoms with Crippen LogP contribution in [0.25, 0.3) is 6.08 Å². The molecule has 0 radical (unpaired) electrons. The summed E-state index contributed by atoms with van der Waals surface area (Å²) >= 11 is 0. The minimum absolute atomic E-state index is 0.0179. The second-order valence-electron chi connectivity index (χ2n) is 9.17. The van der Waals surface area contributed by atoms with Crippen LogP contribution in [-0.2, 0) is 22.7 Å². The smallest absolute Gasteiger partial charge is 0.246 e. The monoisotopic (exact) mass is 445 g/mol. The molecule has 2 heterocycles. The number of nitrogens with one attached hydrogen (secondary N) is 1. The normalized spacial score (nSPS) is 17.9. The molecule has 0 unspecified atom stereocenters. The van der Waals surface area contributed by atoms with Gasteiger partial charge in [0.05, 0.1) is 0 Å². The number of piperidine rings is 2. The van der Waals surface area contributed by atoms with Crippen molar-refractivity contribution < 1.29 is 9.59 Å². The van der Waals surface area contributed by atoms with Crippen molar-refractivity contribution in [2.75, 3.05) is 26.2 Å². The van der Waals surface area contributed by atoms with Crippen LogP contribution in [0.3, 0.4) is 0 Å². The molecule has 2 aliphatic rings. The molecule has 4 rings (SSSR count). The number of amides is 2. The zero-order valence-corrected chi connectivity index (χ0v) is 19.4. The van der Waals surface area contributed by atoms with E-state index in [1.54, 1.807) is 6.08 Å². The fourth-order valence-electron chi connectivity index (χ4n) is 4.77. The number of hydrogen-bond donors (Lipinski definition) is 1. The maximum atomic E-state index is 12.8. The summed E-state index contributed by atoms with van der Waals surface area (Å²) < 4.78 is 0. The molecule has 2 fully saturated rings. The van der Waals surface area contributed by atoms with Crippen LogP contribution in [0.1, 0.15) is 48.8 Å². The molecule has 0 bridgehead atoms. The topological polar surface area (TPSA) is 52.7 Å². The molecule has 0 aliphatic carbocycles. The van der Waals surface area contributed by atoms with Gasteiger partial charge >= 0.3 is 0 Å². The molecular formula is C28H35N3O2. The second-order valence-corrected chi connectivity index (χ2v) is 9.17. The zero-order chi connectivity index (χ0) is 22.9. The van der Waals surface area contributed by atoms with E-state index in [9.17, 15) is 9.59 Å². The summed E-state index contributed by atoms with van der Waals surface area (Å²) in [5, 5.41) is 3.16. The number of carbonyl (C=O) groups is 2. The van der Waals surface area contributed by atoms with E-state index >= 15 is 0 Å². The Balaban J connectivity index is 1.23. The highest BCUT2D eigenvalue weighted by molar-refractivity contribution is 5.92. The second kappa shape index (κ2) is 11.8. The molecule has 2 aromatic carbocycles. The van der Waals surface area contributed by atoms with Crippen molar-refractivity contribution in [1.29, 1.82) is 0 Å². The van der Waals surface area contributed by atoms with E-state index in [1.807, 2.05) is 47.4 Å². The Morgan fingerprint density at radius 3 is 2.24 bits per heavy atom. The molecule has 2 amide bonds. The predicted octanol–water partition coefficient (Wildman–Crippen LogP) is 4.24. The van der Waals surface area contributed by atoms with Gasteiger partial charge in [0.25, 0.3) is 0 Å². The fourth-order valence-corrected chi connectivity index (χ4v) is 4.77. The van der Waals surface area contributed by atoms with E-state index in [0.29, 0.717) is 32.5 Å². The summed E-state index contributed by atoms with van der Waals surface area (Å²) in [6, 6.07) is 18.3. The van der Waals surface area contributed by atoms with E-state index in [1.165, 1.54) is 43.5 Å². The predicted molar refractivity (Wildman–Crippen MR) is 132 cm³/mol. The Labute approximate surface area is 197 Å². The van der Waals surface area contributed by atoms with Gasteiger partial charge in [-0.1, -0.05) is 61.0 Å². The molecule has 2 saturated heterocycles. The third kappa shape index (κ3) is 6.78. The summed E-state index contributed by atoms with van der Waals surface area (Å²) in [4.78, 5) is 29.7. The third-order valence-electron chi connectivity index (χ3n) is 6.81. The minimum Gasteiger partial charge on any atom is -0.352 e. The van der Waals surface area contributed by atoms with E-state index in [-0.39, 0.29) is 17.7 Å². The standard InChI is InChI=1S/C28H35N3O2/c32-27(14-13-23-9-3-1-4-10-23)31-19-15-24(16-20-31)28(33)29-21-25-11-5-6-12-26(25)22-30-17-7-2-8-18-30/h1,3-6,9-14,24H,2,7-8,15-22H2,(H,29,33). The maximum absolute atomic E-state index is 12.8. The van der Waals surface area contributed by atoms with Gasteiger partial charge in [-0.3, -0.25) is 14.5 Å². The van der Waals surface area contributed by atoms with Crippen molar-refractivity contribution in [3.05, 3.63) is 77.4 Å². The molecule has 2 aliphatic heterocycles. The molecule has 2 aromatic rings. The van der Waals surface area contributed by atoms with E-state index < -0.39 is 0 Å². The summed E-state index contributed by atoms with van der Waals surface area (Å²) in [6.45, 7) is 5.12. The SMILES string of the molecule is O=C(NCc1ccccc1CN1CCCCC1)C1CCN(C(=O)C=Cc2ccccc2)CC1. The molecule has 0 aromatic heterocycles. The molecule has 0 saturated carbocycles. The van der Waals surface area contributed by atoms with E-state index in [2.05, 4.69) is 28.4 Å². The third-order valence-corrected chi connectivity index (χ3v) is 6.81. The highest BCUT2D eigenvalue weighted by Gasteiger charge is 2.26. The van der Waals surface area contributed by atoms with Gasteiger partial charge in [0.2, 0.25) is 11.8 Å². The van der Waals surface area contributed by atoms with Crippen molar-refractivity contribution in [2.24, 2.45) is 5.92 Å². The first kappa shape index (κ1) is 23.2. The van der Waals surface area contributed by atoms with Gasteiger partial charge < -0.3 is 10.2 Å². The number of carbonyl (C=O) groups excluding carboxylic acids is 2. The summed E-state index contributed by atoms with van der Waals surface area (Å²) in [6.07, 6.45) is 8.81. The highest BCUT2D eigenvalue weighted by Crippen LogP contribution is 2.20. The van der Waals surface area contributed by atoms with Gasteiger partial charge in [0.1, 0.15) is 0 Å². The van der Waals surface area contributed by atoms with Crippen molar-refractivity contribution >= 4 is 17.9 Å². The number of benzene rings is 2. The molecule has 33 heavy (non-hydrogen) atoms. The van der Waals surface area contributed by atoms with Crippen molar-refractivity contribution in [2.45, 2.75) is 45.2 Å². The summed E-state index contributed by atoms with van der Waals surface area (Å²) in [5.41, 5.74) is 3.53. The maximum Gasteiger partial charge on any atom is 0.246 e. The van der Waals surface area contributed by atoms with Crippen LogP contribution in [0.5, 0.6) is 0 Å². The lowest BCUT2D eigenvalue weighted by molar-refractivity contribution is -0.132. The molecule has 0 atom stereocenters. The van der Waals surface area contributed by atoms with Crippen LogP contribution in [0.2, 0.25) is 0 Å². The van der Waals surface area contributed by atoms with Crippen LogP contribution >= 0.6 is 0 Å². The average Bonchev–Trinajstić information content (AvgIpc) is 2.88. The first-order valence-electron chi connectivity index (χ1n) is 12.3. The number of likely N-dealkylation sites (tertiary alicyclic amines) is 2. The number of rotatable bonds is 7.